The van der Waals surface area contributed by atoms with Gasteiger partial charge in [0.25, 0.3) is 0 Å². The number of aryl methyl sites for hydroxylation is 1. The standard InChI is InChI=1S/C16H23NO3S/c1-13-11-15(9-8-14(13)7-5-6-10-18)17-21(19,20)12-16(2,3)4/h8-9,11,17-18H,6,10,12H2,1-4H3. The normalized spacial score (nSPS) is 11.7. The minimum atomic E-state index is -3.36. The van der Waals surface area contributed by atoms with Crippen molar-refractivity contribution in [3.8, 4) is 11.8 Å². The van der Waals surface area contributed by atoms with Crippen LogP contribution in [0.15, 0.2) is 18.2 Å². The minimum absolute atomic E-state index is 0.0384. The molecule has 0 atom stereocenters. The molecule has 116 valence electrons. The first kappa shape index (κ1) is 17.5. The van der Waals surface area contributed by atoms with Gasteiger partial charge in [0.15, 0.2) is 0 Å². The first-order valence-corrected chi connectivity index (χ1v) is 8.49. The molecule has 0 bridgehead atoms. The third-order valence-corrected chi connectivity index (χ3v) is 4.38. The maximum atomic E-state index is 12.1. The van der Waals surface area contributed by atoms with Gasteiger partial charge in [0, 0.05) is 17.7 Å². The van der Waals surface area contributed by atoms with Gasteiger partial charge < -0.3 is 5.11 Å². The Morgan fingerprint density at radius 1 is 1.29 bits per heavy atom. The van der Waals surface area contributed by atoms with Crippen molar-refractivity contribution in [2.24, 2.45) is 5.41 Å². The summed E-state index contributed by atoms with van der Waals surface area (Å²) in [6.07, 6.45) is 0.430. The summed E-state index contributed by atoms with van der Waals surface area (Å²) < 4.78 is 26.7. The molecule has 0 amide bonds. The fraction of sp³-hybridized carbons (Fsp3) is 0.500. The highest BCUT2D eigenvalue weighted by Gasteiger charge is 2.21. The van der Waals surface area contributed by atoms with E-state index in [0.717, 1.165) is 11.1 Å². The summed E-state index contributed by atoms with van der Waals surface area (Å²) >= 11 is 0. The summed E-state index contributed by atoms with van der Waals surface area (Å²) in [7, 11) is -3.36. The van der Waals surface area contributed by atoms with Crippen LogP contribution in [0, 0.1) is 24.2 Å². The van der Waals surface area contributed by atoms with Gasteiger partial charge in [-0.2, -0.15) is 0 Å². The Bertz CT molecular complexity index is 646. The van der Waals surface area contributed by atoms with Crippen molar-refractivity contribution in [2.75, 3.05) is 17.1 Å². The molecule has 0 aliphatic heterocycles. The molecule has 21 heavy (non-hydrogen) atoms. The molecule has 0 saturated heterocycles. The molecule has 2 N–H and O–H groups in total. The zero-order chi connectivity index (χ0) is 16.1. The van der Waals surface area contributed by atoms with Crippen LogP contribution in [0.5, 0.6) is 0 Å². The molecular weight excluding hydrogens is 286 g/mol. The molecule has 1 rings (SSSR count). The highest BCUT2D eigenvalue weighted by atomic mass is 32.2. The summed E-state index contributed by atoms with van der Waals surface area (Å²) in [5.74, 6) is 5.87. The lowest BCUT2D eigenvalue weighted by Crippen LogP contribution is -2.26. The number of sulfonamides is 1. The van der Waals surface area contributed by atoms with Gasteiger partial charge in [-0.05, 0) is 36.1 Å². The molecule has 0 spiro atoms. The molecular formula is C16H23NO3S. The second kappa shape index (κ2) is 6.97. The Hall–Kier alpha value is -1.51. The first-order chi connectivity index (χ1) is 9.63. The summed E-state index contributed by atoms with van der Waals surface area (Å²) in [4.78, 5) is 0. The van der Waals surface area contributed by atoms with E-state index >= 15 is 0 Å². The Labute approximate surface area is 127 Å². The van der Waals surface area contributed by atoms with Crippen LogP contribution in [0.2, 0.25) is 0 Å². The van der Waals surface area contributed by atoms with Crippen LogP contribution >= 0.6 is 0 Å². The average molecular weight is 309 g/mol. The summed E-state index contributed by atoms with van der Waals surface area (Å²) in [5.41, 5.74) is 1.99. The van der Waals surface area contributed by atoms with Gasteiger partial charge in [-0.1, -0.05) is 32.6 Å². The maximum absolute atomic E-state index is 12.1. The fourth-order valence-electron chi connectivity index (χ4n) is 1.87. The van der Waals surface area contributed by atoms with E-state index in [1.807, 2.05) is 27.7 Å². The zero-order valence-electron chi connectivity index (χ0n) is 13.0. The van der Waals surface area contributed by atoms with Crippen molar-refractivity contribution in [1.29, 1.82) is 0 Å². The summed E-state index contributed by atoms with van der Waals surface area (Å²) in [5, 5.41) is 8.70. The van der Waals surface area contributed by atoms with E-state index in [-0.39, 0.29) is 17.8 Å². The van der Waals surface area contributed by atoms with E-state index in [4.69, 9.17) is 5.11 Å². The second-order valence-corrected chi connectivity index (χ2v) is 7.95. The highest BCUT2D eigenvalue weighted by molar-refractivity contribution is 7.92. The molecule has 0 heterocycles. The van der Waals surface area contributed by atoms with Crippen LogP contribution < -0.4 is 4.72 Å². The number of rotatable bonds is 4. The van der Waals surface area contributed by atoms with Crippen LogP contribution in [0.1, 0.15) is 38.3 Å². The smallest absolute Gasteiger partial charge is 0.233 e. The molecule has 0 radical (unpaired) electrons. The summed E-state index contributed by atoms with van der Waals surface area (Å²) in [6.45, 7) is 7.58. The van der Waals surface area contributed by atoms with Crippen LogP contribution in [-0.2, 0) is 10.0 Å². The van der Waals surface area contributed by atoms with Gasteiger partial charge in [0.05, 0.1) is 12.4 Å². The Morgan fingerprint density at radius 2 is 1.95 bits per heavy atom. The predicted molar refractivity (Wildman–Crippen MR) is 86.6 cm³/mol. The zero-order valence-corrected chi connectivity index (χ0v) is 13.8. The Balaban J connectivity index is 2.88. The number of aliphatic hydroxyl groups excluding tert-OH is 1. The Morgan fingerprint density at radius 3 is 2.48 bits per heavy atom. The molecule has 4 nitrogen and oxygen atoms in total. The van der Waals surface area contributed by atoms with Crippen molar-refractivity contribution in [3.63, 3.8) is 0 Å². The maximum Gasteiger partial charge on any atom is 0.233 e. The van der Waals surface area contributed by atoms with Gasteiger partial charge in [-0.15, -0.1) is 0 Å². The lowest BCUT2D eigenvalue weighted by Gasteiger charge is -2.19. The number of anilines is 1. The number of aliphatic hydroxyl groups is 1. The SMILES string of the molecule is Cc1cc(NS(=O)(=O)CC(C)(C)C)ccc1C#CCCO. The highest BCUT2D eigenvalue weighted by Crippen LogP contribution is 2.20. The topological polar surface area (TPSA) is 66.4 Å². The van der Waals surface area contributed by atoms with Gasteiger partial charge in [-0.3, -0.25) is 4.72 Å². The van der Waals surface area contributed by atoms with Crippen LogP contribution in [0.4, 0.5) is 5.69 Å². The minimum Gasteiger partial charge on any atom is -0.395 e. The lowest BCUT2D eigenvalue weighted by molar-refractivity contribution is 0.305. The fourth-order valence-corrected chi connectivity index (χ4v) is 3.57. The molecule has 0 saturated carbocycles. The van der Waals surface area contributed by atoms with E-state index in [2.05, 4.69) is 16.6 Å². The van der Waals surface area contributed by atoms with Crippen molar-refractivity contribution < 1.29 is 13.5 Å². The number of hydrogen-bond acceptors (Lipinski definition) is 3. The monoisotopic (exact) mass is 309 g/mol. The van der Waals surface area contributed by atoms with Crippen molar-refractivity contribution in [2.45, 2.75) is 34.1 Å². The van der Waals surface area contributed by atoms with Gasteiger partial charge in [0.2, 0.25) is 10.0 Å². The van der Waals surface area contributed by atoms with Crippen molar-refractivity contribution in [1.82, 2.24) is 0 Å². The van der Waals surface area contributed by atoms with Crippen molar-refractivity contribution in [3.05, 3.63) is 29.3 Å². The molecule has 1 aromatic rings. The van der Waals surface area contributed by atoms with Gasteiger partial charge >= 0.3 is 0 Å². The summed E-state index contributed by atoms with van der Waals surface area (Å²) in [6, 6.07) is 5.26. The number of nitrogens with one attached hydrogen (secondary N) is 1. The molecule has 0 fully saturated rings. The van der Waals surface area contributed by atoms with Crippen LogP contribution in [-0.4, -0.2) is 25.9 Å². The third kappa shape index (κ3) is 6.65. The number of benzene rings is 1. The van der Waals surface area contributed by atoms with Crippen molar-refractivity contribution >= 4 is 15.7 Å². The molecule has 0 aliphatic rings. The number of hydrogen-bond donors (Lipinski definition) is 2. The Kier molecular flexibility index (Phi) is 5.82. The van der Waals surface area contributed by atoms with E-state index in [1.54, 1.807) is 18.2 Å². The van der Waals surface area contributed by atoms with E-state index < -0.39 is 10.0 Å². The quantitative estimate of drug-likeness (QED) is 0.840. The van der Waals surface area contributed by atoms with Crippen LogP contribution in [0.3, 0.4) is 0 Å². The van der Waals surface area contributed by atoms with E-state index in [1.165, 1.54) is 0 Å². The molecule has 5 heteroatoms. The lowest BCUT2D eigenvalue weighted by atomic mass is 10.0. The average Bonchev–Trinajstić information content (AvgIpc) is 2.28. The van der Waals surface area contributed by atoms with E-state index in [9.17, 15) is 8.42 Å². The van der Waals surface area contributed by atoms with Gasteiger partial charge in [-0.25, -0.2) is 8.42 Å². The molecule has 0 aliphatic carbocycles. The van der Waals surface area contributed by atoms with Crippen LogP contribution in [0.25, 0.3) is 0 Å². The molecule has 0 unspecified atom stereocenters. The third-order valence-electron chi connectivity index (χ3n) is 2.58. The largest absolute Gasteiger partial charge is 0.395 e. The van der Waals surface area contributed by atoms with E-state index in [0.29, 0.717) is 12.1 Å². The predicted octanol–water partition coefficient (Wildman–Crippen LogP) is 2.52. The first-order valence-electron chi connectivity index (χ1n) is 6.84. The molecule has 0 aromatic heterocycles. The molecule has 1 aromatic carbocycles. The van der Waals surface area contributed by atoms with Gasteiger partial charge in [0.1, 0.15) is 0 Å². The second-order valence-electron chi connectivity index (χ2n) is 6.23.